The lowest BCUT2D eigenvalue weighted by molar-refractivity contribution is 1.17. The number of para-hydroxylation sites is 6. The highest BCUT2D eigenvalue weighted by Crippen LogP contribution is 2.44. The molecule has 0 atom stereocenters. The molecule has 53 heavy (non-hydrogen) atoms. The van der Waals surface area contributed by atoms with Gasteiger partial charge in [-0.1, -0.05) is 127 Å². The monoisotopic (exact) mass is 674 g/mol. The van der Waals surface area contributed by atoms with Crippen LogP contribution in [0.15, 0.2) is 182 Å². The fourth-order valence-electron chi connectivity index (χ4n) is 8.70. The Bertz CT molecular complexity index is 3240. The van der Waals surface area contributed by atoms with Gasteiger partial charge in [-0.05, 0) is 65.7 Å². The molecule has 246 valence electrons. The smallest absolute Gasteiger partial charge is 0.211 e. The van der Waals surface area contributed by atoms with Crippen molar-refractivity contribution >= 4 is 71.1 Å². The second kappa shape index (κ2) is 11.3. The molecule has 4 nitrogen and oxygen atoms in total. The Labute approximate surface area is 305 Å². The maximum absolute atomic E-state index is 8.29. The molecule has 0 fully saturated rings. The summed E-state index contributed by atoms with van der Waals surface area (Å²) in [4.78, 5) is 4.08. The van der Waals surface area contributed by atoms with E-state index in [9.17, 15) is 0 Å². The molecule has 3 heterocycles. The fraction of sp³-hybridized carbons (Fsp3) is 0. The average Bonchev–Trinajstić information content (AvgIpc) is 3.86. The molecule has 0 spiro atoms. The van der Waals surface area contributed by atoms with E-state index in [2.05, 4.69) is 188 Å². The molecule has 0 aliphatic heterocycles. The second-order valence-electron chi connectivity index (χ2n) is 13.6. The number of rotatable bonds is 4. The van der Waals surface area contributed by atoms with Gasteiger partial charge in [0.25, 0.3) is 0 Å². The molecule has 0 saturated carbocycles. The van der Waals surface area contributed by atoms with Gasteiger partial charge in [0.15, 0.2) is 0 Å². The predicted molar refractivity (Wildman–Crippen MR) is 221 cm³/mol. The van der Waals surface area contributed by atoms with Gasteiger partial charge in [0.2, 0.25) is 5.69 Å². The van der Waals surface area contributed by atoms with Crippen LogP contribution in [-0.4, -0.2) is 13.7 Å². The zero-order valence-corrected chi connectivity index (χ0v) is 28.6. The Morgan fingerprint density at radius 3 is 1.60 bits per heavy atom. The first kappa shape index (κ1) is 29.4. The van der Waals surface area contributed by atoms with E-state index in [1.165, 1.54) is 43.4 Å². The van der Waals surface area contributed by atoms with Crippen molar-refractivity contribution in [3.05, 3.63) is 193 Å². The van der Waals surface area contributed by atoms with Crippen LogP contribution in [0.25, 0.3) is 98.5 Å². The Morgan fingerprint density at radius 2 is 0.925 bits per heavy atom. The number of hydrogen-bond acceptors (Lipinski definition) is 0. The van der Waals surface area contributed by atoms with Crippen molar-refractivity contribution in [2.75, 3.05) is 0 Å². The van der Waals surface area contributed by atoms with Gasteiger partial charge in [0, 0.05) is 43.7 Å². The van der Waals surface area contributed by atoms with Crippen molar-refractivity contribution in [2.24, 2.45) is 0 Å². The van der Waals surface area contributed by atoms with Gasteiger partial charge >= 0.3 is 0 Å². The van der Waals surface area contributed by atoms with E-state index in [1.807, 2.05) is 12.1 Å². The molecule has 0 N–H and O–H groups in total. The van der Waals surface area contributed by atoms with Gasteiger partial charge in [-0.2, -0.15) is 0 Å². The maximum Gasteiger partial charge on any atom is 0.211 e. The number of aromatic nitrogens is 3. The zero-order valence-electron chi connectivity index (χ0n) is 28.6. The molecule has 0 aliphatic rings. The van der Waals surface area contributed by atoms with Crippen molar-refractivity contribution in [1.29, 1.82) is 0 Å². The van der Waals surface area contributed by atoms with Crippen molar-refractivity contribution in [3.8, 4) is 28.2 Å². The van der Waals surface area contributed by atoms with Gasteiger partial charge in [0.05, 0.1) is 45.4 Å². The summed E-state index contributed by atoms with van der Waals surface area (Å²) in [5, 5.41) is 7.26. The van der Waals surface area contributed by atoms with E-state index in [0.29, 0.717) is 5.69 Å². The van der Waals surface area contributed by atoms with Crippen molar-refractivity contribution in [3.63, 3.8) is 0 Å². The fourth-order valence-corrected chi connectivity index (χ4v) is 8.70. The van der Waals surface area contributed by atoms with Crippen LogP contribution in [0.5, 0.6) is 0 Å². The minimum atomic E-state index is 0.618. The van der Waals surface area contributed by atoms with Crippen molar-refractivity contribution < 1.29 is 0 Å². The molecule has 0 amide bonds. The quantitative estimate of drug-likeness (QED) is 0.166. The van der Waals surface area contributed by atoms with Gasteiger partial charge in [-0.15, -0.1) is 0 Å². The molecule has 3 aromatic heterocycles. The van der Waals surface area contributed by atoms with Crippen LogP contribution in [0.1, 0.15) is 0 Å². The third kappa shape index (κ3) is 4.16. The highest BCUT2D eigenvalue weighted by Gasteiger charge is 2.22. The Morgan fingerprint density at radius 1 is 0.377 bits per heavy atom. The summed E-state index contributed by atoms with van der Waals surface area (Å²) in [5.74, 6) is 0. The molecule has 4 heteroatoms. The largest absolute Gasteiger partial charge is 0.318 e. The van der Waals surface area contributed by atoms with Crippen LogP contribution in [0.4, 0.5) is 5.69 Å². The lowest BCUT2D eigenvalue weighted by atomic mass is 10.0. The van der Waals surface area contributed by atoms with Crippen molar-refractivity contribution in [2.45, 2.75) is 0 Å². The average molecular weight is 675 g/mol. The van der Waals surface area contributed by atoms with Crippen LogP contribution in [-0.2, 0) is 0 Å². The number of fused-ring (bicyclic) bond motifs is 10. The van der Waals surface area contributed by atoms with Crippen LogP contribution in [0.2, 0.25) is 0 Å². The maximum atomic E-state index is 8.29. The standard InChI is InChI=1S/C49H30N4/c1-50-41-24-14-23-35(48(41)53-43-26-10-5-19-36(43)37-20-6-11-27-44(37)53)32-15-13-18-34(31-32)51-45-28-12-8-22-40(45)47-46(51)30-29-39-38-21-7-9-25-42(38)52(49(39)47)33-16-3-2-4-17-33/h2-31H. The summed E-state index contributed by atoms with van der Waals surface area (Å²) in [7, 11) is 0. The Kier molecular flexibility index (Phi) is 6.28. The molecule has 0 unspecified atom stereocenters. The first-order valence-corrected chi connectivity index (χ1v) is 17.9. The number of benzene rings is 8. The molecule has 0 saturated heterocycles. The number of hydrogen-bond donors (Lipinski definition) is 0. The van der Waals surface area contributed by atoms with E-state index >= 15 is 0 Å². The minimum absolute atomic E-state index is 0.618. The lowest BCUT2D eigenvalue weighted by Crippen LogP contribution is -1.99. The lowest BCUT2D eigenvalue weighted by Gasteiger charge is -2.17. The molecule has 11 rings (SSSR count). The highest BCUT2D eigenvalue weighted by molar-refractivity contribution is 6.26. The summed E-state index contributed by atoms with van der Waals surface area (Å²) in [6.07, 6.45) is 0. The molecule has 0 aliphatic carbocycles. The first-order valence-electron chi connectivity index (χ1n) is 17.9. The first-order chi connectivity index (χ1) is 26.3. The molecule has 11 aromatic rings. The van der Waals surface area contributed by atoms with Gasteiger partial charge in [-0.3, -0.25) is 0 Å². The minimum Gasteiger partial charge on any atom is -0.318 e. The zero-order chi connectivity index (χ0) is 35.0. The van der Waals surface area contributed by atoms with E-state index < -0.39 is 0 Å². The van der Waals surface area contributed by atoms with Crippen LogP contribution in [0.3, 0.4) is 0 Å². The van der Waals surface area contributed by atoms with Gasteiger partial charge < -0.3 is 13.7 Å². The van der Waals surface area contributed by atoms with E-state index in [-0.39, 0.29) is 0 Å². The highest BCUT2D eigenvalue weighted by atomic mass is 15.0. The molecular formula is C49H30N4. The second-order valence-corrected chi connectivity index (χ2v) is 13.6. The van der Waals surface area contributed by atoms with Crippen LogP contribution in [0, 0.1) is 6.57 Å². The molecule has 0 radical (unpaired) electrons. The summed E-state index contributed by atoms with van der Waals surface area (Å²) in [6, 6.07) is 64.6. The topological polar surface area (TPSA) is 19.1 Å². The van der Waals surface area contributed by atoms with Gasteiger partial charge in [-0.25, -0.2) is 4.85 Å². The van der Waals surface area contributed by atoms with E-state index in [4.69, 9.17) is 6.57 Å². The van der Waals surface area contributed by atoms with E-state index in [0.717, 1.165) is 50.3 Å². The molecule has 0 bridgehead atoms. The summed E-state index contributed by atoms with van der Waals surface area (Å²) < 4.78 is 7.10. The summed E-state index contributed by atoms with van der Waals surface area (Å²) >= 11 is 0. The van der Waals surface area contributed by atoms with E-state index in [1.54, 1.807) is 0 Å². The number of nitrogens with zero attached hydrogens (tertiary/aromatic N) is 4. The predicted octanol–water partition coefficient (Wildman–Crippen LogP) is 13.2. The van der Waals surface area contributed by atoms with Crippen LogP contribution < -0.4 is 0 Å². The van der Waals surface area contributed by atoms with Crippen LogP contribution >= 0.6 is 0 Å². The Hall–Kier alpha value is -7.35. The third-order valence-corrected chi connectivity index (χ3v) is 10.8. The third-order valence-electron chi connectivity index (χ3n) is 10.8. The Balaban J connectivity index is 1.20. The summed E-state index contributed by atoms with van der Waals surface area (Å²) in [6.45, 7) is 8.29. The van der Waals surface area contributed by atoms with Gasteiger partial charge in [0.1, 0.15) is 0 Å². The summed E-state index contributed by atoms with van der Waals surface area (Å²) in [5.41, 5.74) is 12.7. The normalized spacial score (nSPS) is 11.8. The van der Waals surface area contributed by atoms with Crippen molar-refractivity contribution in [1.82, 2.24) is 13.7 Å². The molecular weight excluding hydrogens is 645 g/mol. The SMILES string of the molecule is [C-]#[N+]c1cccc(-c2cccc(-n3c4ccccc4c4c3ccc3c5ccccc5n(-c5ccccc5)c34)c2)c1-n1c2ccccc2c2ccccc21. The molecule has 8 aromatic carbocycles.